The minimum absolute atomic E-state index is 0.241. The van der Waals surface area contributed by atoms with E-state index in [9.17, 15) is 4.79 Å². The Labute approximate surface area is 157 Å². The summed E-state index contributed by atoms with van der Waals surface area (Å²) in [5, 5.41) is 6.64. The third-order valence-corrected chi connectivity index (χ3v) is 4.19. The van der Waals surface area contributed by atoms with E-state index in [1.807, 2.05) is 55.5 Å². The molecule has 2 N–H and O–H groups in total. The van der Waals surface area contributed by atoms with Crippen LogP contribution in [0.1, 0.15) is 27.2 Å². The Morgan fingerprint density at radius 1 is 1.08 bits per heavy atom. The minimum Gasteiger partial charge on any atom is -0.350 e. The van der Waals surface area contributed by atoms with Crippen LogP contribution in [-0.2, 0) is 13.1 Å². The molecule has 5 nitrogen and oxygen atoms in total. The highest BCUT2D eigenvalue weighted by atomic mass is 35.5. The molecule has 1 heterocycles. The fourth-order valence-corrected chi connectivity index (χ4v) is 2.68. The van der Waals surface area contributed by atoms with E-state index in [4.69, 9.17) is 11.6 Å². The largest absolute Gasteiger partial charge is 0.350 e. The van der Waals surface area contributed by atoms with Gasteiger partial charge in [-0.2, -0.15) is 0 Å². The number of halogens is 1. The van der Waals surface area contributed by atoms with Gasteiger partial charge in [0.05, 0.1) is 0 Å². The molecule has 0 spiro atoms. The summed E-state index contributed by atoms with van der Waals surface area (Å²) in [5.41, 5.74) is 3.45. The molecular formula is C20H19ClN4O. The van der Waals surface area contributed by atoms with Crippen LogP contribution in [0.3, 0.4) is 0 Å². The first-order valence-corrected chi connectivity index (χ1v) is 8.64. The minimum atomic E-state index is -0.241. The normalized spacial score (nSPS) is 10.4. The molecule has 0 aliphatic carbocycles. The van der Waals surface area contributed by atoms with Crippen molar-refractivity contribution in [3.05, 3.63) is 88.2 Å². The van der Waals surface area contributed by atoms with Crippen LogP contribution in [0.5, 0.6) is 0 Å². The highest BCUT2D eigenvalue weighted by Crippen LogP contribution is 2.15. The van der Waals surface area contributed by atoms with Gasteiger partial charge in [-0.05, 0) is 30.2 Å². The van der Waals surface area contributed by atoms with Crippen molar-refractivity contribution >= 4 is 23.5 Å². The van der Waals surface area contributed by atoms with Crippen molar-refractivity contribution in [1.29, 1.82) is 0 Å². The van der Waals surface area contributed by atoms with Crippen molar-refractivity contribution in [2.45, 2.75) is 20.0 Å². The van der Waals surface area contributed by atoms with E-state index in [0.29, 0.717) is 29.8 Å². The zero-order valence-electron chi connectivity index (χ0n) is 14.4. The molecule has 3 rings (SSSR count). The highest BCUT2D eigenvalue weighted by molar-refractivity contribution is 6.31. The van der Waals surface area contributed by atoms with Gasteiger partial charge >= 0.3 is 0 Å². The van der Waals surface area contributed by atoms with E-state index in [1.54, 1.807) is 12.3 Å². The molecule has 0 bridgehead atoms. The van der Waals surface area contributed by atoms with Gasteiger partial charge < -0.3 is 10.6 Å². The lowest BCUT2D eigenvalue weighted by atomic mass is 10.1. The van der Waals surface area contributed by atoms with Crippen molar-refractivity contribution in [3.8, 4) is 0 Å². The smallest absolute Gasteiger partial charge is 0.270 e. The molecule has 0 unspecified atom stereocenters. The Kier molecular flexibility index (Phi) is 5.81. The summed E-state index contributed by atoms with van der Waals surface area (Å²) < 4.78 is 0. The molecule has 0 aliphatic heterocycles. The second-order valence-electron chi connectivity index (χ2n) is 5.88. The molecule has 0 aliphatic rings. The Morgan fingerprint density at radius 2 is 1.92 bits per heavy atom. The molecule has 132 valence electrons. The first-order chi connectivity index (χ1) is 12.6. The van der Waals surface area contributed by atoms with E-state index >= 15 is 0 Å². The molecule has 0 saturated heterocycles. The second kappa shape index (κ2) is 8.45. The fourth-order valence-electron chi connectivity index (χ4n) is 2.48. The number of anilines is 1. The Morgan fingerprint density at radius 3 is 2.73 bits per heavy atom. The monoisotopic (exact) mass is 366 g/mol. The SMILES string of the molecule is Cc1cccc(CNC(=O)c2ccnc(NCc3ccccc3Cl)n2)c1. The number of aryl methyl sites for hydroxylation is 1. The van der Waals surface area contributed by atoms with Crippen LogP contribution in [0.25, 0.3) is 0 Å². The summed E-state index contributed by atoms with van der Waals surface area (Å²) in [6.45, 7) is 2.95. The van der Waals surface area contributed by atoms with E-state index in [-0.39, 0.29) is 5.91 Å². The molecule has 26 heavy (non-hydrogen) atoms. The molecule has 0 saturated carbocycles. The number of hydrogen-bond donors (Lipinski definition) is 2. The maximum atomic E-state index is 12.3. The van der Waals surface area contributed by atoms with Gasteiger partial charge in [-0.3, -0.25) is 4.79 Å². The van der Waals surface area contributed by atoms with Gasteiger partial charge in [-0.25, -0.2) is 9.97 Å². The Bertz CT molecular complexity index is 914. The maximum Gasteiger partial charge on any atom is 0.270 e. The molecule has 1 aromatic heterocycles. The van der Waals surface area contributed by atoms with Crippen LogP contribution in [-0.4, -0.2) is 15.9 Å². The van der Waals surface area contributed by atoms with Crippen molar-refractivity contribution in [1.82, 2.24) is 15.3 Å². The lowest BCUT2D eigenvalue weighted by Crippen LogP contribution is -2.24. The predicted octanol–water partition coefficient (Wildman–Crippen LogP) is 3.98. The fraction of sp³-hybridized carbons (Fsp3) is 0.150. The van der Waals surface area contributed by atoms with Crippen molar-refractivity contribution in [2.24, 2.45) is 0 Å². The molecular weight excluding hydrogens is 348 g/mol. The lowest BCUT2D eigenvalue weighted by molar-refractivity contribution is 0.0946. The molecule has 0 fully saturated rings. The number of hydrogen-bond acceptors (Lipinski definition) is 4. The van der Waals surface area contributed by atoms with Crippen LogP contribution < -0.4 is 10.6 Å². The second-order valence-corrected chi connectivity index (χ2v) is 6.29. The third kappa shape index (κ3) is 4.80. The Hall–Kier alpha value is -2.92. The van der Waals surface area contributed by atoms with E-state index in [0.717, 1.165) is 16.7 Å². The van der Waals surface area contributed by atoms with Crippen molar-refractivity contribution in [2.75, 3.05) is 5.32 Å². The van der Waals surface area contributed by atoms with Crippen LogP contribution in [0.4, 0.5) is 5.95 Å². The van der Waals surface area contributed by atoms with E-state index in [1.165, 1.54) is 0 Å². The molecule has 1 amide bonds. The standard InChI is InChI=1S/C20H19ClN4O/c1-14-5-4-6-15(11-14)12-23-19(26)18-9-10-22-20(25-18)24-13-16-7-2-3-8-17(16)21/h2-11H,12-13H2,1H3,(H,23,26)(H,22,24,25). The molecule has 6 heteroatoms. The van der Waals surface area contributed by atoms with E-state index in [2.05, 4.69) is 20.6 Å². The summed E-state index contributed by atoms with van der Waals surface area (Å²) in [6, 6.07) is 17.1. The molecule has 0 atom stereocenters. The number of carbonyl (C=O) groups excluding carboxylic acids is 1. The topological polar surface area (TPSA) is 66.9 Å². The van der Waals surface area contributed by atoms with Gasteiger partial charge in [0.1, 0.15) is 5.69 Å². The Balaban J connectivity index is 1.61. The van der Waals surface area contributed by atoms with Gasteiger partial charge in [-0.15, -0.1) is 0 Å². The van der Waals surface area contributed by atoms with Gasteiger partial charge in [-0.1, -0.05) is 59.6 Å². The zero-order chi connectivity index (χ0) is 18.4. The molecule has 2 aromatic carbocycles. The lowest BCUT2D eigenvalue weighted by Gasteiger charge is -2.09. The van der Waals surface area contributed by atoms with Gasteiger partial charge in [0.2, 0.25) is 5.95 Å². The summed E-state index contributed by atoms with van der Waals surface area (Å²) in [7, 11) is 0. The zero-order valence-corrected chi connectivity index (χ0v) is 15.1. The highest BCUT2D eigenvalue weighted by Gasteiger charge is 2.09. The summed E-state index contributed by atoms with van der Waals surface area (Å²) >= 11 is 6.14. The first kappa shape index (κ1) is 17.9. The summed E-state index contributed by atoms with van der Waals surface area (Å²) in [4.78, 5) is 20.8. The summed E-state index contributed by atoms with van der Waals surface area (Å²) in [5.74, 6) is 0.142. The van der Waals surface area contributed by atoms with Gasteiger partial charge in [0.25, 0.3) is 5.91 Å². The van der Waals surface area contributed by atoms with Gasteiger partial charge in [0, 0.05) is 24.3 Å². The number of amides is 1. The quantitative estimate of drug-likeness (QED) is 0.692. The third-order valence-electron chi connectivity index (χ3n) is 3.82. The number of nitrogens with one attached hydrogen (secondary N) is 2. The molecule has 0 radical (unpaired) electrons. The van der Waals surface area contributed by atoms with Crippen LogP contribution in [0.2, 0.25) is 5.02 Å². The average molecular weight is 367 g/mol. The van der Waals surface area contributed by atoms with Crippen molar-refractivity contribution < 1.29 is 4.79 Å². The molecule has 3 aromatic rings. The number of benzene rings is 2. The first-order valence-electron chi connectivity index (χ1n) is 8.26. The maximum absolute atomic E-state index is 12.3. The number of carbonyl (C=O) groups is 1. The number of rotatable bonds is 6. The number of nitrogens with zero attached hydrogens (tertiary/aromatic N) is 2. The van der Waals surface area contributed by atoms with Crippen LogP contribution in [0.15, 0.2) is 60.8 Å². The van der Waals surface area contributed by atoms with Crippen LogP contribution in [0, 0.1) is 6.92 Å². The summed E-state index contributed by atoms with van der Waals surface area (Å²) in [6.07, 6.45) is 1.56. The average Bonchev–Trinajstić information content (AvgIpc) is 2.66. The van der Waals surface area contributed by atoms with E-state index < -0.39 is 0 Å². The number of aromatic nitrogens is 2. The van der Waals surface area contributed by atoms with Crippen LogP contribution >= 0.6 is 11.6 Å². The van der Waals surface area contributed by atoms with Crippen molar-refractivity contribution in [3.63, 3.8) is 0 Å². The predicted molar refractivity (Wildman–Crippen MR) is 103 cm³/mol. The van der Waals surface area contributed by atoms with Gasteiger partial charge in [0.15, 0.2) is 0 Å².